The van der Waals surface area contributed by atoms with Gasteiger partial charge in [-0.05, 0) is 54.1 Å². The van der Waals surface area contributed by atoms with Gasteiger partial charge in [-0.25, -0.2) is 0 Å². The number of aryl methyl sites for hydroxylation is 2. The van der Waals surface area contributed by atoms with Crippen molar-refractivity contribution in [3.63, 3.8) is 0 Å². The summed E-state index contributed by atoms with van der Waals surface area (Å²) in [6, 6.07) is 0.854. The standard InChI is InChI=1S/C17H34N4/c1-9-21-15(6)17(14(5)19-21)13(4)18-16(10-12(2)3)11-20(7)8/h12-13,16,18H,9-11H2,1-8H3. The van der Waals surface area contributed by atoms with Crippen LogP contribution >= 0.6 is 0 Å². The molecule has 1 heterocycles. The number of nitrogens with zero attached hydrogens (tertiary/aromatic N) is 3. The van der Waals surface area contributed by atoms with E-state index in [1.807, 2.05) is 0 Å². The lowest BCUT2D eigenvalue weighted by Crippen LogP contribution is -2.40. The van der Waals surface area contributed by atoms with E-state index < -0.39 is 0 Å². The first-order chi connectivity index (χ1) is 9.76. The molecule has 1 rings (SSSR count). The Morgan fingerprint density at radius 3 is 2.24 bits per heavy atom. The van der Waals surface area contributed by atoms with Crippen molar-refractivity contribution in [1.29, 1.82) is 0 Å². The fourth-order valence-corrected chi connectivity index (χ4v) is 3.29. The van der Waals surface area contributed by atoms with Gasteiger partial charge in [-0.15, -0.1) is 0 Å². The van der Waals surface area contributed by atoms with E-state index in [4.69, 9.17) is 0 Å². The average Bonchev–Trinajstić information content (AvgIpc) is 2.62. The van der Waals surface area contributed by atoms with Gasteiger partial charge in [0.2, 0.25) is 0 Å². The first-order valence-corrected chi connectivity index (χ1v) is 8.20. The molecule has 2 atom stereocenters. The molecule has 4 nitrogen and oxygen atoms in total. The van der Waals surface area contributed by atoms with Crippen LogP contribution in [-0.2, 0) is 6.54 Å². The number of aromatic nitrogens is 2. The van der Waals surface area contributed by atoms with Crippen LogP contribution in [0.2, 0.25) is 0 Å². The zero-order valence-electron chi connectivity index (χ0n) is 15.2. The van der Waals surface area contributed by atoms with Gasteiger partial charge in [-0.1, -0.05) is 13.8 Å². The molecule has 0 aliphatic carbocycles. The van der Waals surface area contributed by atoms with Gasteiger partial charge >= 0.3 is 0 Å². The molecule has 0 aliphatic heterocycles. The van der Waals surface area contributed by atoms with Crippen LogP contribution in [0.1, 0.15) is 57.1 Å². The van der Waals surface area contributed by atoms with E-state index in [-0.39, 0.29) is 0 Å². The minimum Gasteiger partial charge on any atom is -0.308 e. The Balaban J connectivity index is 2.85. The second-order valence-electron chi connectivity index (χ2n) is 6.88. The van der Waals surface area contributed by atoms with E-state index in [2.05, 4.69) is 75.6 Å². The van der Waals surface area contributed by atoms with Gasteiger partial charge in [0.15, 0.2) is 0 Å². The van der Waals surface area contributed by atoms with E-state index in [1.54, 1.807) is 0 Å². The molecule has 0 saturated heterocycles. The molecule has 0 aromatic carbocycles. The molecule has 2 unspecified atom stereocenters. The largest absolute Gasteiger partial charge is 0.308 e. The molecule has 1 aromatic rings. The molecule has 0 saturated carbocycles. The van der Waals surface area contributed by atoms with E-state index in [1.165, 1.54) is 17.7 Å². The summed E-state index contributed by atoms with van der Waals surface area (Å²) in [4.78, 5) is 2.27. The number of hydrogen-bond acceptors (Lipinski definition) is 3. The fraction of sp³-hybridized carbons (Fsp3) is 0.824. The summed E-state index contributed by atoms with van der Waals surface area (Å²) in [5, 5.41) is 8.47. The Bertz CT molecular complexity index is 424. The van der Waals surface area contributed by atoms with Crippen LogP contribution < -0.4 is 5.32 Å². The Hall–Kier alpha value is -0.870. The van der Waals surface area contributed by atoms with Gasteiger partial charge in [0.25, 0.3) is 0 Å². The Morgan fingerprint density at radius 1 is 1.19 bits per heavy atom. The third-order valence-electron chi connectivity index (χ3n) is 4.00. The minimum atomic E-state index is 0.342. The van der Waals surface area contributed by atoms with Crippen molar-refractivity contribution >= 4 is 0 Å². The van der Waals surface area contributed by atoms with E-state index in [0.717, 1.165) is 18.8 Å². The highest BCUT2D eigenvalue weighted by Crippen LogP contribution is 2.22. The van der Waals surface area contributed by atoms with Gasteiger partial charge in [-0.2, -0.15) is 5.10 Å². The van der Waals surface area contributed by atoms with Crippen molar-refractivity contribution in [2.75, 3.05) is 20.6 Å². The summed E-state index contributed by atoms with van der Waals surface area (Å²) in [5.74, 6) is 0.704. The molecule has 0 bridgehead atoms. The zero-order chi connectivity index (χ0) is 16.2. The third kappa shape index (κ3) is 5.11. The predicted octanol–water partition coefficient (Wildman–Crippen LogP) is 3.15. The highest BCUT2D eigenvalue weighted by Gasteiger charge is 2.21. The van der Waals surface area contributed by atoms with Crippen molar-refractivity contribution < 1.29 is 0 Å². The van der Waals surface area contributed by atoms with Crippen molar-refractivity contribution in [3.8, 4) is 0 Å². The molecular weight excluding hydrogens is 260 g/mol. The lowest BCUT2D eigenvalue weighted by molar-refractivity contribution is 0.290. The normalized spacial score (nSPS) is 15.0. The van der Waals surface area contributed by atoms with Crippen LogP contribution in [-0.4, -0.2) is 41.4 Å². The summed E-state index contributed by atoms with van der Waals surface area (Å²) in [6.45, 7) is 15.3. The Morgan fingerprint density at radius 2 is 1.81 bits per heavy atom. The first kappa shape index (κ1) is 18.2. The number of likely N-dealkylation sites (N-methyl/N-ethyl adjacent to an activating group) is 1. The zero-order valence-corrected chi connectivity index (χ0v) is 15.2. The average molecular weight is 294 g/mol. The topological polar surface area (TPSA) is 33.1 Å². The first-order valence-electron chi connectivity index (χ1n) is 8.20. The minimum absolute atomic E-state index is 0.342. The fourth-order valence-electron chi connectivity index (χ4n) is 3.29. The van der Waals surface area contributed by atoms with Gasteiger partial charge in [0.05, 0.1) is 5.69 Å². The van der Waals surface area contributed by atoms with Crippen LogP contribution in [0.25, 0.3) is 0 Å². The summed E-state index contributed by atoms with van der Waals surface area (Å²) < 4.78 is 2.10. The maximum Gasteiger partial charge on any atom is 0.0644 e. The third-order valence-corrected chi connectivity index (χ3v) is 4.00. The van der Waals surface area contributed by atoms with Gasteiger partial charge in [-0.3, -0.25) is 4.68 Å². The van der Waals surface area contributed by atoms with Crippen molar-refractivity contribution in [3.05, 3.63) is 17.0 Å². The van der Waals surface area contributed by atoms with Crippen molar-refractivity contribution in [2.45, 2.75) is 66.6 Å². The Kier molecular flexibility index (Phi) is 6.88. The SMILES string of the molecule is CCn1nc(C)c(C(C)NC(CC(C)C)CN(C)C)c1C. The molecule has 4 heteroatoms. The summed E-state index contributed by atoms with van der Waals surface area (Å²) in [5.41, 5.74) is 3.81. The lowest BCUT2D eigenvalue weighted by Gasteiger charge is -2.27. The maximum atomic E-state index is 4.65. The molecule has 1 aromatic heterocycles. The maximum absolute atomic E-state index is 4.65. The van der Waals surface area contributed by atoms with Gasteiger partial charge in [0.1, 0.15) is 0 Å². The second kappa shape index (κ2) is 7.95. The molecule has 122 valence electrons. The molecular formula is C17H34N4. The predicted molar refractivity (Wildman–Crippen MR) is 90.7 cm³/mol. The number of rotatable bonds is 8. The summed E-state index contributed by atoms with van der Waals surface area (Å²) >= 11 is 0. The van der Waals surface area contributed by atoms with Crippen molar-refractivity contribution in [2.24, 2.45) is 5.92 Å². The molecule has 0 aliphatic rings. The molecule has 1 N–H and O–H groups in total. The van der Waals surface area contributed by atoms with Crippen LogP contribution in [0, 0.1) is 19.8 Å². The monoisotopic (exact) mass is 294 g/mol. The van der Waals surface area contributed by atoms with Crippen LogP contribution in [0.15, 0.2) is 0 Å². The number of hydrogen-bond donors (Lipinski definition) is 1. The van der Waals surface area contributed by atoms with Crippen molar-refractivity contribution in [1.82, 2.24) is 20.0 Å². The van der Waals surface area contributed by atoms with Crippen LogP contribution in [0.5, 0.6) is 0 Å². The lowest BCUT2D eigenvalue weighted by atomic mass is 10.00. The quantitative estimate of drug-likeness (QED) is 0.799. The second-order valence-corrected chi connectivity index (χ2v) is 6.88. The summed E-state index contributed by atoms with van der Waals surface area (Å²) in [6.07, 6.45) is 1.20. The van der Waals surface area contributed by atoms with Crippen LogP contribution in [0.4, 0.5) is 0 Å². The smallest absolute Gasteiger partial charge is 0.0644 e. The molecule has 0 amide bonds. The molecule has 21 heavy (non-hydrogen) atoms. The Labute approximate surface area is 130 Å². The van der Waals surface area contributed by atoms with E-state index >= 15 is 0 Å². The number of nitrogens with one attached hydrogen (secondary N) is 1. The molecule has 0 fully saturated rings. The highest BCUT2D eigenvalue weighted by molar-refractivity contribution is 5.27. The molecule has 0 radical (unpaired) electrons. The highest BCUT2D eigenvalue weighted by atomic mass is 15.3. The van der Waals surface area contributed by atoms with E-state index in [0.29, 0.717) is 18.0 Å². The molecule has 0 spiro atoms. The van der Waals surface area contributed by atoms with Gasteiger partial charge < -0.3 is 10.2 Å². The summed E-state index contributed by atoms with van der Waals surface area (Å²) in [7, 11) is 4.29. The van der Waals surface area contributed by atoms with E-state index in [9.17, 15) is 0 Å². The van der Waals surface area contributed by atoms with Gasteiger partial charge in [0, 0.05) is 36.4 Å². The van der Waals surface area contributed by atoms with Crippen LogP contribution in [0.3, 0.4) is 0 Å².